The highest BCUT2D eigenvalue weighted by Crippen LogP contribution is 2.21. The monoisotopic (exact) mass is 196 g/mol. The van der Waals surface area contributed by atoms with Gasteiger partial charge in [-0.3, -0.25) is 4.79 Å². The van der Waals surface area contributed by atoms with Gasteiger partial charge in [-0.05, 0) is 27.2 Å². The average Bonchev–Trinajstić information content (AvgIpc) is 2.51. The van der Waals surface area contributed by atoms with Gasteiger partial charge in [-0.25, -0.2) is 0 Å². The van der Waals surface area contributed by atoms with Gasteiger partial charge >= 0.3 is 0 Å². The molecule has 1 heterocycles. The van der Waals surface area contributed by atoms with Crippen molar-refractivity contribution in [2.75, 3.05) is 6.61 Å². The fourth-order valence-corrected chi connectivity index (χ4v) is 1.50. The number of carbonyl (C=O) groups is 1. The summed E-state index contributed by atoms with van der Waals surface area (Å²) in [7, 11) is 0. The average molecular weight is 196 g/mol. The number of nitrogens with zero attached hydrogens (tertiary/aromatic N) is 1. The molecule has 78 valence electrons. The number of nitrogens with one attached hydrogen (secondary N) is 1. The largest absolute Gasteiger partial charge is 0.378 e. The van der Waals surface area contributed by atoms with Gasteiger partial charge in [0.2, 0.25) is 5.91 Å². The Morgan fingerprint density at radius 1 is 1.64 bits per heavy atom. The second kappa shape index (κ2) is 3.97. The maximum atomic E-state index is 11.7. The summed E-state index contributed by atoms with van der Waals surface area (Å²) in [6.07, 6.45) is 0.707. The molecule has 1 fully saturated rings. The van der Waals surface area contributed by atoms with Crippen LogP contribution in [0.1, 0.15) is 27.2 Å². The van der Waals surface area contributed by atoms with Gasteiger partial charge < -0.3 is 10.1 Å². The third-order valence-electron chi connectivity index (χ3n) is 2.43. The van der Waals surface area contributed by atoms with Crippen LogP contribution in [-0.2, 0) is 9.53 Å². The van der Waals surface area contributed by atoms with Gasteiger partial charge in [-0.15, -0.1) is 0 Å². The Labute approximate surface area is 84.2 Å². The van der Waals surface area contributed by atoms with E-state index < -0.39 is 5.54 Å². The van der Waals surface area contributed by atoms with Crippen LogP contribution >= 0.6 is 0 Å². The summed E-state index contributed by atoms with van der Waals surface area (Å²) in [5, 5.41) is 11.5. The highest BCUT2D eigenvalue weighted by Gasteiger charge is 2.33. The Morgan fingerprint density at radius 3 is 2.71 bits per heavy atom. The topological polar surface area (TPSA) is 62.1 Å². The summed E-state index contributed by atoms with van der Waals surface area (Å²) >= 11 is 0. The number of nitriles is 1. The molecule has 2 atom stereocenters. The van der Waals surface area contributed by atoms with Crippen molar-refractivity contribution < 1.29 is 9.53 Å². The molecule has 0 aromatic rings. The van der Waals surface area contributed by atoms with Crippen LogP contribution in [0, 0.1) is 17.2 Å². The Morgan fingerprint density at radius 2 is 2.29 bits per heavy atom. The number of rotatable bonds is 2. The van der Waals surface area contributed by atoms with Gasteiger partial charge in [0.25, 0.3) is 0 Å². The predicted octanol–water partition coefficient (Wildman–Crippen LogP) is 0.830. The van der Waals surface area contributed by atoms with Gasteiger partial charge in [0, 0.05) is 6.61 Å². The van der Waals surface area contributed by atoms with Crippen molar-refractivity contribution in [2.24, 2.45) is 5.92 Å². The minimum atomic E-state index is -0.792. The van der Waals surface area contributed by atoms with E-state index in [0.717, 1.165) is 6.42 Å². The van der Waals surface area contributed by atoms with Crippen LogP contribution in [0.25, 0.3) is 0 Å². The summed E-state index contributed by atoms with van der Waals surface area (Å²) in [6, 6.07) is 2.04. The summed E-state index contributed by atoms with van der Waals surface area (Å²) in [5.41, 5.74) is -0.792. The summed E-state index contributed by atoms with van der Waals surface area (Å²) < 4.78 is 5.29. The molecule has 0 bridgehead atoms. The third kappa shape index (κ3) is 2.46. The summed E-state index contributed by atoms with van der Waals surface area (Å²) in [5.74, 6) is -0.191. The Bertz CT molecular complexity index is 268. The number of ether oxygens (including phenoxy) is 1. The number of amides is 1. The third-order valence-corrected chi connectivity index (χ3v) is 2.43. The molecule has 4 heteroatoms. The van der Waals surface area contributed by atoms with E-state index in [1.807, 2.05) is 13.0 Å². The van der Waals surface area contributed by atoms with Crippen molar-refractivity contribution in [3.05, 3.63) is 0 Å². The van der Waals surface area contributed by atoms with Crippen molar-refractivity contribution >= 4 is 5.91 Å². The van der Waals surface area contributed by atoms with Crippen molar-refractivity contribution in [3.63, 3.8) is 0 Å². The lowest BCUT2D eigenvalue weighted by Gasteiger charge is -2.21. The van der Waals surface area contributed by atoms with E-state index in [9.17, 15) is 4.79 Å². The molecule has 2 unspecified atom stereocenters. The molecule has 0 radical (unpaired) electrons. The minimum Gasteiger partial charge on any atom is -0.378 e. The molecule has 0 aliphatic carbocycles. The first kappa shape index (κ1) is 11.0. The van der Waals surface area contributed by atoms with Gasteiger partial charge in [-0.2, -0.15) is 5.26 Å². The molecule has 0 aromatic heterocycles. The molecular formula is C10H16N2O2. The lowest BCUT2D eigenvalue weighted by molar-refractivity contribution is -0.127. The van der Waals surface area contributed by atoms with Crippen molar-refractivity contribution in [3.8, 4) is 6.07 Å². The lowest BCUT2D eigenvalue weighted by atomic mass is 9.99. The van der Waals surface area contributed by atoms with E-state index in [4.69, 9.17) is 10.00 Å². The maximum absolute atomic E-state index is 11.7. The van der Waals surface area contributed by atoms with Crippen LogP contribution in [-0.4, -0.2) is 24.2 Å². The fraction of sp³-hybridized carbons (Fsp3) is 0.800. The van der Waals surface area contributed by atoms with E-state index in [1.54, 1.807) is 13.8 Å². The van der Waals surface area contributed by atoms with E-state index >= 15 is 0 Å². The van der Waals surface area contributed by atoms with Crippen molar-refractivity contribution in [1.82, 2.24) is 5.32 Å². The molecule has 1 rings (SSSR count). The van der Waals surface area contributed by atoms with E-state index in [0.29, 0.717) is 6.61 Å². The SMILES string of the molecule is CC1OCCC1C(=O)NC(C)(C)C#N. The standard InChI is InChI=1S/C10H16N2O2/c1-7-8(4-5-14-7)9(13)12-10(2,3)6-11/h7-8H,4-5H2,1-3H3,(H,12,13). The van der Waals surface area contributed by atoms with Crippen LogP contribution in [0.4, 0.5) is 0 Å². The van der Waals surface area contributed by atoms with Crippen LogP contribution in [0.2, 0.25) is 0 Å². The van der Waals surface area contributed by atoms with Gasteiger partial charge in [0.05, 0.1) is 18.1 Å². The van der Waals surface area contributed by atoms with Crippen molar-refractivity contribution in [1.29, 1.82) is 5.26 Å². The highest BCUT2D eigenvalue weighted by atomic mass is 16.5. The van der Waals surface area contributed by atoms with Crippen LogP contribution < -0.4 is 5.32 Å². The first-order chi connectivity index (χ1) is 6.46. The van der Waals surface area contributed by atoms with Crippen LogP contribution in [0.3, 0.4) is 0 Å². The molecule has 0 spiro atoms. The summed E-state index contributed by atoms with van der Waals surface area (Å²) in [4.78, 5) is 11.7. The zero-order valence-electron chi connectivity index (χ0n) is 8.83. The Hall–Kier alpha value is -1.08. The predicted molar refractivity (Wildman–Crippen MR) is 51.4 cm³/mol. The normalized spacial score (nSPS) is 27.0. The first-order valence-corrected chi connectivity index (χ1v) is 4.81. The van der Waals surface area contributed by atoms with Gasteiger partial charge in [0.1, 0.15) is 5.54 Å². The molecule has 4 nitrogen and oxygen atoms in total. The highest BCUT2D eigenvalue weighted by molar-refractivity contribution is 5.80. The van der Waals surface area contributed by atoms with Crippen LogP contribution in [0.5, 0.6) is 0 Å². The molecule has 1 aliphatic rings. The second-order valence-corrected chi connectivity index (χ2v) is 4.20. The summed E-state index contributed by atoms with van der Waals surface area (Å²) in [6.45, 7) is 5.89. The Balaban J connectivity index is 2.55. The van der Waals surface area contributed by atoms with Crippen LogP contribution in [0.15, 0.2) is 0 Å². The molecular weight excluding hydrogens is 180 g/mol. The molecule has 1 saturated heterocycles. The zero-order chi connectivity index (χ0) is 10.8. The molecule has 1 N–H and O–H groups in total. The smallest absolute Gasteiger partial charge is 0.227 e. The quantitative estimate of drug-likeness (QED) is 0.711. The molecule has 1 amide bonds. The number of carbonyl (C=O) groups excluding carboxylic acids is 1. The maximum Gasteiger partial charge on any atom is 0.227 e. The number of hydrogen-bond donors (Lipinski definition) is 1. The van der Waals surface area contributed by atoms with Crippen molar-refractivity contribution in [2.45, 2.75) is 38.8 Å². The molecule has 1 aliphatic heterocycles. The fourth-order valence-electron chi connectivity index (χ4n) is 1.50. The van der Waals surface area contributed by atoms with Gasteiger partial charge in [0.15, 0.2) is 0 Å². The molecule has 14 heavy (non-hydrogen) atoms. The minimum absolute atomic E-state index is 0.0375. The first-order valence-electron chi connectivity index (χ1n) is 4.81. The van der Waals surface area contributed by atoms with E-state index in [-0.39, 0.29) is 17.9 Å². The van der Waals surface area contributed by atoms with E-state index in [2.05, 4.69) is 5.32 Å². The Kier molecular flexibility index (Phi) is 3.12. The van der Waals surface area contributed by atoms with Gasteiger partial charge in [-0.1, -0.05) is 0 Å². The van der Waals surface area contributed by atoms with E-state index in [1.165, 1.54) is 0 Å². The zero-order valence-corrected chi connectivity index (χ0v) is 8.83. The number of hydrogen-bond acceptors (Lipinski definition) is 3. The lowest BCUT2D eigenvalue weighted by Crippen LogP contribution is -2.46. The second-order valence-electron chi connectivity index (χ2n) is 4.20. The molecule has 0 saturated carbocycles. The molecule has 0 aromatic carbocycles.